The zero-order valence-electron chi connectivity index (χ0n) is 18.2. The first-order valence-electron chi connectivity index (χ1n) is 10.8. The molecule has 0 spiro atoms. The molecular formula is C24H25N5O2S. The van der Waals surface area contributed by atoms with E-state index in [1.165, 1.54) is 21.4 Å². The lowest BCUT2D eigenvalue weighted by molar-refractivity contribution is -0.131. The molecule has 1 amide bonds. The van der Waals surface area contributed by atoms with Gasteiger partial charge in [0.1, 0.15) is 11.9 Å². The van der Waals surface area contributed by atoms with Crippen LogP contribution >= 0.6 is 12.2 Å². The lowest BCUT2D eigenvalue weighted by Crippen LogP contribution is -2.50. The van der Waals surface area contributed by atoms with Crippen molar-refractivity contribution in [2.75, 3.05) is 36.4 Å². The third-order valence-corrected chi connectivity index (χ3v) is 6.61. The van der Waals surface area contributed by atoms with Crippen LogP contribution in [0.5, 0.6) is 0 Å². The summed E-state index contributed by atoms with van der Waals surface area (Å²) in [6.07, 6.45) is 0.104. The molecule has 1 saturated heterocycles. The minimum absolute atomic E-state index is 0.0203. The maximum Gasteiger partial charge on any atom is 0.257 e. The fourth-order valence-corrected chi connectivity index (χ4v) is 4.85. The number of hydrogen-bond acceptors (Lipinski definition) is 6. The van der Waals surface area contributed by atoms with Gasteiger partial charge in [0.05, 0.1) is 11.9 Å². The van der Waals surface area contributed by atoms with Gasteiger partial charge in [-0.2, -0.15) is 0 Å². The Kier molecular flexibility index (Phi) is 5.17. The predicted octanol–water partition coefficient (Wildman–Crippen LogP) is 3.56. The van der Waals surface area contributed by atoms with Crippen molar-refractivity contribution in [3.63, 3.8) is 0 Å². The van der Waals surface area contributed by atoms with E-state index < -0.39 is 6.04 Å². The van der Waals surface area contributed by atoms with Gasteiger partial charge in [-0.3, -0.25) is 9.59 Å². The highest BCUT2D eigenvalue weighted by Gasteiger charge is 2.35. The number of aryl methyl sites for hydroxylation is 2. The van der Waals surface area contributed by atoms with Crippen LogP contribution in [0, 0.1) is 18.6 Å². The Hall–Kier alpha value is -3.26. The first-order chi connectivity index (χ1) is 15.4. The quantitative estimate of drug-likeness (QED) is 0.619. The highest BCUT2D eigenvalue weighted by Crippen LogP contribution is 2.29. The van der Waals surface area contributed by atoms with Crippen LogP contribution in [0.1, 0.15) is 22.3 Å². The Balaban J connectivity index is 1.27. The molecule has 32 heavy (non-hydrogen) atoms. The minimum atomic E-state index is -0.631. The molecule has 2 aromatic carbocycles. The molecule has 1 atom stereocenters. The summed E-state index contributed by atoms with van der Waals surface area (Å²) in [6, 6.07) is 13.4. The van der Waals surface area contributed by atoms with E-state index in [0.717, 1.165) is 24.0 Å². The molecule has 0 radical (unpaired) electrons. The number of nitrogens with zero attached hydrogens (tertiary/aromatic N) is 4. The van der Waals surface area contributed by atoms with Crippen LogP contribution < -0.4 is 10.2 Å². The van der Waals surface area contributed by atoms with E-state index in [1.807, 2.05) is 29.2 Å². The Morgan fingerprint density at radius 2 is 1.88 bits per heavy atom. The second-order valence-corrected chi connectivity index (χ2v) is 8.86. The molecule has 5 rings (SSSR count). The highest BCUT2D eigenvalue weighted by atomic mass is 32.1. The summed E-state index contributed by atoms with van der Waals surface area (Å²) in [5.74, 6) is 0.391. The summed E-state index contributed by atoms with van der Waals surface area (Å²) in [7, 11) is 0. The van der Waals surface area contributed by atoms with Crippen LogP contribution in [0.15, 0.2) is 42.5 Å². The lowest BCUT2D eigenvalue weighted by Gasteiger charge is -2.37. The van der Waals surface area contributed by atoms with Gasteiger partial charge >= 0.3 is 0 Å². The van der Waals surface area contributed by atoms with E-state index in [-0.39, 0.29) is 23.0 Å². The van der Waals surface area contributed by atoms with Gasteiger partial charge in [-0.25, -0.2) is 9.55 Å². The van der Waals surface area contributed by atoms with E-state index in [2.05, 4.69) is 47.2 Å². The van der Waals surface area contributed by atoms with Crippen LogP contribution in [0.25, 0.3) is 10.9 Å². The van der Waals surface area contributed by atoms with Crippen LogP contribution in [-0.4, -0.2) is 58.5 Å². The van der Waals surface area contributed by atoms with Gasteiger partial charge in [0.2, 0.25) is 10.7 Å². The number of rotatable bonds is 3. The zero-order chi connectivity index (χ0) is 22.4. The maximum absolute atomic E-state index is 13.0. The molecule has 1 fully saturated rings. The summed E-state index contributed by atoms with van der Waals surface area (Å²) in [5.41, 5.74) is 4.44. The molecule has 2 aliphatic rings. The van der Waals surface area contributed by atoms with Crippen LogP contribution in [-0.2, 0) is 4.79 Å². The third kappa shape index (κ3) is 3.54. The number of benzene rings is 2. The number of nitrogens with one attached hydrogen (secondary N) is 1. The van der Waals surface area contributed by atoms with E-state index in [0.29, 0.717) is 18.9 Å². The van der Waals surface area contributed by atoms with Gasteiger partial charge in [0.25, 0.3) is 5.91 Å². The SMILES string of the molecule is Cc1ccc(C)c(N2CCN(C(=O)CC3Nc4c5ccccc5nc(=S)n4C3=O)CC2)c1. The Labute approximate surface area is 191 Å². The molecule has 1 unspecified atom stereocenters. The molecule has 8 heteroatoms. The molecule has 0 saturated carbocycles. The zero-order valence-corrected chi connectivity index (χ0v) is 19.0. The Bertz CT molecular complexity index is 1290. The summed E-state index contributed by atoms with van der Waals surface area (Å²) in [4.78, 5) is 34.6. The van der Waals surface area contributed by atoms with Crippen molar-refractivity contribution in [3.05, 3.63) is 58.4 Å². The molecule has 2 aliphatic heterocycles. The number of anilines is 2. The van der Waals surface area contributed by atoms with Crippen molar-refractivity contribution in [2.45, 2.75) is 26.3 Å². The highest BCUT2D eigenvalue weighted by molar-refractivity contribution is 7.71. The molecular weight excluding hydrogens is 422 g/mol. The number of carbonyl (C=O) groups is 2. The minimum Gasteiger partial charge on any atom is -0.368 e. The van der Waals surface area contributed by atoms with Crippen molar-refractivity contribution in [2.24, 2.45) is 0 Å². The van der Waals surface area contributed by atoms with Crippen LogP contribution in [0.2, 0.25) is 0 Å². The smallest absolute Gasteiger partial charge is 0.257 e. The van der Waals surface area contributed by atoms with Gasteiger partial charge < -0.3 is 15.1 Å². The van der Waals surface area contributed by atoms with Crippen molar-refractivity contribution in [1.82, 2.24) is 14.5 Å². The average Bonchev–Trinajstić information content (AvgIpc) is 3.12. The van der Waals surface area contributed by atoms with Gasteiger partial charge in [-0.05, 0) is 55.4 Å². The second kappa shape index (κ2) is 8.02. The molecule has 3 heterocycles. The van der Waals surface area contributed by atoms with Gasteiger partial charge in [0, 0.05) is 37.3 Å². The molecule has 1 N–H and O–H groups in total. The summed E-state index contributed by atoms with van der Waals surface area (Å²) in [6.45, 7) is 7.06. The van der Waals surface area contributed by atoms with Gasteiger partial charge in [-0.15, -0.1) is 0 Å². The Morgan fingerprint density at radius 3 is 2.66 bits per heavy atom. The number of carbonyl (C=O) groups excluding carboxylic acids is 2. The normalized spacial score (nSPS) is 18.1. The molecule has 1 aromatic heterocycles. The van der Waals surface area contributed by atoms with Crippen molar-refractivity contribution < 1.29 is 9.59 Å². The van der Waals surface area contributed by atoms with Crippen LogP contribution in [0.4, 0.5) is 11.5 Å². The summed E-state index contributed by atoms with van der Waals surface area (Å²) in [5, 5.41) is 4.06. The fraction of sp³-hybridized carbons (Fsp3) is 0.333. The largest absolute Gasteiger partial charge is 0.368 e. The standard InChI is InChI=1S/C24H25N5O2S/c1-15-7-8-16(2)20(13-15)27-9-11-28(12-10-27)21(30)14-19-23(31)29-22(25-19)17-5-3-4-6-18(17)26-24(29)32/h3-8,13,19,25H,9-12,14H2,1-2H3. The monoisotopic (exact) mass is 447 g/mol. The summed E-state index contributed by atoms with van der Waals surface area (Å²) >= 11 is 5.34. The molecule has 7 nitrogen and oxygen atoms in total. The van der Waals surface area contributed by atoms with Crippen molar-refractivity contribution >= 4 is 46.4 Å². The van der Waals surface area contributed by atoms with E-state index in [1.54, 1.807) is 0 Å². The van der Waals surface area contributed by atoms with Crippen LogP contribution in [0.3, 0.4) is 0 Å². The topological polar surface area (TPSA) is 70.5 Å². The number of amides is 1. The molecule has 3 aromatic rings. The van der Waals surface area contributed by atoms with Gasteiger partial charge in [0.15, 0.2) is 0 Å². The third-order valence-electron chi connectivity index (χ3n) is 6.34. The second-order valence-electron chi connectivity index (χ2n) is 8.49. The number of hydrogen-bond donors (Lipinski definition) is 1. The maximum atomic E-state index is 13.0. The Morgan fingerprint density at radius 1 is 1.12 bits per heavy atom. The van der Waals surface area contributed by atoms with Crippen molar-refractivity contribution in [1.29, 1.82) is 0 Å². The number of fused-ring (bicyclic) bond motifs is 3. The first-order valence-corrected chi connectivity index (χ1v) is 11.3. The van der Waals surface area contributed by atoms with E-state index >= 15 is 0 Å². The first kappa shape index (κ1) is 20.6. The fourth-order valence-electron chi connectivity index (χ4n) is 4.57. The molecule has 164 valence electrons. The molecule has 0 bridgehead atoms. The number of aromatic nitrogens is 2. The van der Waals surface area contributed by atoms with Gasteiger partial charge in [-0.1, -0.05) is 24.3 Å². The predicted molar refractivity (Wildman–Crippen MR) is 128 cm³/mol. The van der Waals surface area contributed by atoms with E-state index in [9.17, 15) is 9.59 Å². The van der Waals surface area contributed by atoms with Crippen molar-refractivity contribution in [3.8, 4) is 0 Å². The number of piperazine rings is 1. The lowest BCUT2D eigenvalue weighted by atomic mass is 10.1. The molecule has 0 aliphatic carbocycles. The average molecular weight is 448 g/mol. The summed E-state index contributed by atoms with van der Waals surface area (Å²) < 4.78 is 1.64. The van der Waals surface area contributed by atoms with E-state index in [4.69, 9.17) is 12.2 Å². The number of para-hydroxylation sites is 1.